The Morgan fingerprint density at radius 3 is 2.00 bits per heavy atom. The van der Waals surface area contributed by atoms with E-state index in [4.69, 9.17) is 5.84 Å². The Hall–Kier alpha value is -3.25. The van der Waals surface area contributed by atoms with Crippen LogP contribution in [-0.2, 0) is 0 Å². The monoisotopic (exact) mass is 381 g/mol. The van der Waals surface area contributed by atoms with Gasteiger partial charge in [0.2, 0.25) is 0 Å². The predicted molar refractivity (Wildman–Crippen MR) is 106 cm³/mol. The molecule has 0 unspecified atom stereocenters. The number of hydrazine groups is 1. The summed E-state index contributed by atoms with van der Waals surface area (Å²) < 4.78 is 26.6. The van der Waals surface area contributed by atoms with Crippen LogP contribution in [0.3, 0.4) is 0 Å². The van der Waals surface area contributed by atoms with Gasteiger partial charge in [0.05, 0.1) is 0 Å². The molecule has 0 spiro atoms. The van der Waals surface area contributed by atoms with Crippen LogP contribution in [-0.4, -0.2) is 12.5 Å². The van der Waals surface area contributed by atoms with Crippen molar-refractivity contribution in [1.82, 2.24) is 5.32 Å². The van der Waals surface area contributed by atoms with Crippen LogP contribution in [0.2, 0.25) is 0 Å². The van der Waals surface area contributed by atoms with Crippen LogP contribution in [0.5, 0.6) is 0 Å². The molecule has 0 saturated heterocycles. The summed E-state index contributed by atoms with van der Waals surface area (Å²) in [7, 11) is 0. The van der Waals surface area contributed by atoms with Crippen molar-refractivity contribution >= 4 is 11.6 Å². The molecule has 0 aliphatic heterocycles. The molecule has 4 nitrogen and oxygen atoms in total. The Kier molecular flexibility index (Phi) is 6.34. The number of hydrogen-bond donors (Lipinski definition) is 3. The van der Waals surface area contributed by atoms with Gasteiger partial charge >= 0.3 is 0 Å². The zero-order chi connectivity index (χ0) is 19.9. The number of rotatable bonds is 7. The fourth-order valence-electron chi connectivity index (χ4n) is 3.10. The highest BCUT2D eigenvalue weighted by molar-refractivity contribution is 5.95. The molecule has 0 radical (unpaired) electrons. The molecule has 28 heavy (non-hydrogen) atoms. The second-order valence-corrected chi connectivity index (χ2v) is 6.43. The lowest BCUT2D eigenvalue weighted by Crippen LogP contribution is -2.26. The van der Waals surface area contributed by atoms with Gasteiger partial charge in [-0.15, -0.1) is 0 Å². The standard InChI is InChI=1S/C22H21F2N3O/c23-18-8-4-15(5-9-18)21(16-6-10-19(24)11-7-16)12-13-26-22(28)17-2-1-3-20(14-17)27-25/h1-11,14,21,27H,12-13,25H2,(H,26,28). The summed E-state index contributed by atoms with van der Waals surface area (Å²) in [5.74, 6) is 4.43. The van der Waals surface area contributed by atoms with Gasteiger partial charge in [0.15, 0.2) is 0 Å². The maximum Gasteiger partial charge on any atom is 0.251 e. The summed E-state index contributed by atoms with van der Waals surface area (Å²) in [6, 6.07) is 19.3. The smallest absolute Gasteiger partial charge is 0.251 e. The third-order valence-electron chi connectivity index (χ3n) is 4.55. The molecule has 4 N–H and O–H groups in total. The van der Waals surface area contributed by atoms with Crippen LogP contribution in [0.15, 0.2) is 72.8 Å². The fraction of sp³-hybridized carbons (Fsp3) is 0.136. The van der Waals surface area contributed by atoms with Crippen molar-refractivity contribution < 1.29 is 13.6 Å². The maximum atomic E-state index is 13.3. The Morgan fingerprint density at radius 1 is 0.893 bits per heavy atom. The second-order valence-electron chi connectivity index (χ2n) is 6.43. The molecule has 0 aliphatic carbocycles. The van der Waals surface area contributed by atoms with E-state index in [-0.39, 0.29) is 23.5 Å². The average molecular weight is 381 g/mol. The minimum Gasteiger partial charge on any atom is -0.352 e. The van der Waals surface area contributed by atoms with Crippen molar-refractivity contribution in [1.29, 1.82) is 0 Å². The first-order valence-corrected chi connectivity index (χ1v) is 8.92. The van der Waals surface area contributed by atoms with Crippen molar-refractivity contribution in [3.8, 4) is 0 Å². The molecule has 0 heterocycles. The van der Waals surface area contributed by atoms with E-state index in [1.807, 2.05) is 0 Å². The summed E-state index contributed by atoms with van der Waals surface area (Å²) >= 11 is 0. The Bertz CT molecular complexity index is 882. The number of nitrogens with one attached hydrogen (secondary N) is 2. The largest absolute Gasteiger partial charge is 0.352 e. The first-order valence-electron chi connectivity index (χ1n) is 8.92. The van der Waals surface area contributed by atoms with Gasteiger partial charge in [-0.05, 0) is 60.0 Å². The molecule has 0 aliphatic rings. The molecule has 0 saturated carbocycles. The number of nitrogens with two attached hydrogens (primary N) is 1. The van der Waals surface area contributed by atoms with Crippen LogP contribution >= 0.6 is 0 Å². The van der Waals surface area contributed by atoms with E-state index in [0.717, 1.165) is 11.1 Å². The summed E-state index contributed by atoms with van der Waals surface area (Å²) in [4.78, 5) is 12.4. The van der Waals surface area contributed by atoms with E-state index >= 15 is 0 Å². The Morgan fingerprint density at radius 2 is 1.46 bits per heavy atom. The highest BCUT2D eigenvalue weighted by Crippen LogP contribution is 2.28. The van der Waals surface area contributed by atoms with Crippen molar-refractivity contribution in [3.05, 3.63) is 101 Å². The highest BCUT2D eigenvalue weighted by atomic mass is 19.1. The normalized spacial score (nSPS) is 10.7. The quantitative estimate of drug-likeness (QED) is 0.424. The van der Waals surface area contributed by atoms with Gasteiger partial charge < -0.3 is 10.7 Å². The molecule has 0 atom stereocenters. The number of carbonyl (C=O) groups is 1. The van der Waals surface area contributed by atoms with E-state index < -0.39 is 0 Å². The molecular formula is C22H21F2N3O. The molecule has 0 aromatic heterocycles. The molecule has 3 aromatic carbocycles. The lowest BCUT2D eigenvalue weighted by Gasteiger charge is -2.19. The first-order chi connectivity index (χ1) is 13.6. The van der Waals surface area contributed by atoms with Gasteiger partial charge in [-0.2, -0.15) is 0 Å². The maximum absolute atomic E-state index is 13.3. The number of halogens is 2. The lowest BCUT2D eigenvalue weighted by molar-refractivity contribution is 0.0953. The minimum absolute atomic E-state index is 0.0986. The summed E-state index contributed by atoms with van der Waals surface area (Å²) in [5, 5.41) is 2.89. The number of benzene rings is 3. The van der Waals surface area contributed by atoms with E-state index in [0.29, 0.717) is 24.2 Å². The molecule has 0 fully saturated rings. The van der Waals surface area contributed by atoms with Gasteiger partial charge in [0, 0.05) is 23.7 Å². The van der Waals surface area contributed by atoms with Crippen LogP contribution in [0, 0.1) is 11.6 Å². The van der Waals surface area contributed by atoms with Crippen molar-refractivity contribution in [2.45, 2.75) is 12.3 Å². The Balaban J connectivity index is 1.71. The summed E-state index contributed by atoms with van der Waals surface area (Å²) in [5.41, 5.74) is 5.44. The molecule has 6 heteroatoms. The number of carbonyl (C=O) groups excluding carboxylic acids is 1. The third kappa shape index (κ3) is 4.92. The van der Waals surface area contributed by atoms with Crippen molar-refractivity contribution in [2.24, 2.45) is 5.84 Å². The molecule has 3 rings (SSSR count). The van der Waals surface area contributed by atoms with Crippen molar-refractivity contribution in [2.75, 3.05) is 12.0 Å². The summed E-state index contributed by atoms with van der Waals surface area (Å²) in [6.07, 6.45) is 0.581. The highest BCUT2D eigenvalue weighted by Gasteiger charge is 2.15. The zero-order valence-corrected chi connectivity index (χ0v) is 15.2. The van der Waals surface area contributed by atoms with Gasteiger partial charge in [-0.25, -0.2) is 8.78 Å². The van der Waals surface area contributed by atoms with E-state index in [1.54, 1.807) is 48.5 Å². The fourth-order valence-corrected chi connectivity index (χ4v) is 3.10. The van der Waals surface area contributed by atoms with Crippen LogP contribution in [0.25, 0.3) is 0 Å². The average Bonchev–Trinajstić information content (AvgIpc) is 2.73. The van der Waals surface area contributed by atoms with Gasteiger partial charge in [0.25, 0.3) is 5.91 Å². The van der Waals surface area contributed by atoms with Gasteiger partial charge in [0.1, 0.15) is 11.6 Å². The lowest BCUT2D eigenvalue weighted by atomic mass is 9.88. The number of hydrogen-bond acceptors (Lipinski definition) is 3. The van der Waals surface area contributed by atoms with Crippen LogP contribution in [0.4, 0.5) is 14.5 Å². The van der Waals surface area contributed by atoms with E-state index in [1.165, 1.54) is 24.3 Å². The predicted octanol–water partition coefficient (Wildman–Crippen LogP) is 4.20. The number of amides is 1. The van der Waals surface area contributed by atoms with E-state index in [2.05, 4.69) is 10.7 Å². The van der Waals surface area contributed by atoms with Gasteiger partial charge in [-0.1, -0.05) is 30.3 Å². The van der Waals surface area contributed by atoms with Crippen LogP contribution < -0.4 is 16.6 Å². The van der Waals surface area contributed by atoms with Crippen LogP contribution in [0.1, 0.15) is 33.8 Å². The molecule has 3 aromatic rings. The summed E-state index contributed by atoms with van der Waals surface area (Å²) in [6.45, 7) is 0.401. The van der Waals surface area contributed by atoms with E-state index in [9.17, 15) is 13.6 Å². The Labute approximate surface area is 162 Å². The number of nitrogen functional groups attached to an aromatic ring is 1. The molecule has 144 valence electrons. The van der Waals surface area contributed by atoms with Crippen molar-refractivity contribution in [3.63, 3.8) is 0 Å². The first kappa shape index (κ1) is 19.5. The minimum atomic E-state index is -0.316. The molecular weight excluding hydrogens is 360 g/mol. The topological polar surface area (TPSA) is 67.1 Å². The second kappa shape index (κ2) is 9.10. The molecule has 1 amide bonds. The molecule has 0 bridgehead atoms. The zero-order valence-electron chi connectivity index (χ0n) is 15.2. The SMILES string of the molecule is NNc1cccc(C(=O)NCCC(c2ccc(F)cc2)c2ccc(F)cc2)c1. The van der Waals surface area contributed by atoms with Gasteiger partial charge in [-0.3, -0.25) is 10.6 Å². The number of anilines is 1. The third-order valence-corrected chi connectivity index (χ3v) is 4.55.